The van der Waals surface area contributed by atoms with Gasteiger partial charge in [0.1, 0.15) is 5.82 Å². The van der Waals surface area contributed by atoms with Gasteiger partial charge < -0.3 is 16.0 Å². The SMILES string of the molecule is Cc1nc(C)c(CC(=O)N[C@H]2CC[C@H]2N)c(=O)[nH]1. The molecule has 0 aliphatic heterocycles. The molecule has 1 aromatic rings. The molecule has 6 nitrogen and oxygen atoms in total. The summed E-state index contributed by atoms with van der Waals surface area (Å²) in [6.07, 6.45) is 1.91. The maximum absolute atomic E-state index is 11.8. The Morgan fingerprint density at radius 3 is 2.72 bits per heavy atom. The van der Waals surface area contributed by atoms with Crippen molar-refractivity contribution in [3.8, 4) is 0 Å². The highest BCUT2D eigenvalue weighted by Crippen LogP contribution is 2.17. The van der Waals surface area contributed by atoms with Crippen LogP contribution >= 0.6 is 0 Å². The Kier molecular flexibility index (Phi) is 3.47. The predicted molar refractivity (Wildman–Crippen MR) is 67.2 cm³/mol. The van der Waals surface area contributed by atoms with E-state index in [9.17, 15) is 9.59 Å². The summed E-state index contributed by atoms with van der Waals surface area (Å²) < 4.78 is 0. The largest absolute Gasteiger partial charge is 0.352 e. The molecule has 1 aliphatic carbocycles. The van der Waals surface area contributed by atoms with Gasteiger partial charge in [0.2, 0.25) is 5.91 Å². The number of carbonyl (C=O) groups is 1. The number of hydrogen-bond donors (Lipinski definition) is 3. The zero-order valence-electron chi connectivity index (χ0n) is 10.6. The van der Waals surface area contributed by atoms with Crippen molar-refractivity contribution in [3.05, 3.63) is 27.4 Å². The monoisotopic (exact) mass is 250 g/mol. The molecule has 1 amide bonds. The molecule has 0 unspecified atom stereocenters. The van der Waals surface area contributed by atoms with Crippen molar-refractivity contribution in [3.63, 3.8) is 0 Å². The van der Waals surface area contributed by atoms with E-state index in [1.165, 1.54) is 0 Å². The molecule has 6 heteroatoms. The topological polar surface area (TPSA) is 101 Å². The minimum absolute atomic E-state index is 0.0458. The summed E-state index contributed by atoms with van der Waals surface area (Å²) >= 11 is 0. The van der Waals surface area contributed by atoms with Gasteiger partial charge in [-0.3, -0.25) is 9.59 Å². The van der Waals surface area contributed by atoms with Crippen molar-refractivity contribution >= 4 is 5.91 Å². The fourth-order valence-corrected chi connectivity index (χ4v) is 2.08. The third-order valence-electron chi connectivity index (χ3n) is 3.35. The van der Waals surface area contributed by atoms with Gasteiger partial charge in [0.25, 0.3) is 5.56 Å². The Labute approximate surface area is 105 Å². The van der Waals surface area contributed by atoms with E-state index in [2.05, 4.69) is 15.3 Å². The normalized spacial score (nSPS) is 22.4. The van der Waals surface area contributed by atoms with E-state index < -0.39 is 0 Å². The number of hydrogen-bond acceptors (Lipinski definition) is 4. The molecule has 1 saturated carbocycles. The number of aromatic nitrogens is 2. The molecular formula is C12H18N4O2. The number of nitrogens with zero attached hydrogens (tertiary/aromatic N) is 1. The molecule has 4 N–H and O–H groups in total. The minimum atomic E-state index is -0.243. The third kappa shape index (κ3) is 2.59. The van der Waals surface area contributed by atoms with E-state index in [0.717, 1.165) is 12.8 Å². The summed E-state index contributed by atoms with van der Waals surface area (Å²) in [5.41, 5.74) is 6.53. The minimum Gasteiger partial charge on any atom is -0.352 e. The summed E-state index contributed by atoms with van der Waals surface area (Å²) in [5, 5.41) is 2.84. The summed E-state index contributed by atoms with van der Waals surface area (Å²) in [7, 11) is 0. The molecule has 0 radical (unpaired) electrons. The fourth-order valence-electron chi connectivity index (χ4n) is 2.08. The van der Waals surface area contributed by atoms with Gasteiger partial charge >= 0.3 is 0 Å². The summed E-state index contributed by atoms with van der Waals surface area (Å²) in [4.78, 5) is 30.3. The Hall–Kier alpha value is -1.69. The van der Waals surface area contributed by atoms with E-state index in [1.807, 2.05) is 0 Å². The smallest absolute Gasteiger partial charge is 0.254 e. The molecule has 0 aromatic carbocycles. The van der Waals surface area contributed by atoms with Crippen molar-refractivity contribution in [1.82, 2.24) is 15.3 Å². The summed E-state index contributed by atoms with van der Waals surface area (Å²) in [6, 6.07) is 0.0970. The van der Waals surface area contributed by atoms with Gasteiger partial charge in [-0.1, -0.05) is 0 Å². The number of aromatic amines is 1. The van der Waals surface area contributed by atoms with Crippen molar-refractivity contribution in [1.29, 1.82) is 0 Å². The number of carbonyl (C=O) groups excluding carboxylic acids is 1. The molecule has 0 saturated heterocycles. The first kappa shape index (κ1) is 12.8. The van der Waals surface area contributed by atoms with Gasteiger partial charge in [0, 0.05) is 23.3 Å². The van der Waals surface area contributed by atoms with Gasteiger partial charge in [-0.05, 0) is 26.7 Å². The van der Waals surface area contributed by atoms with E-state index >= 15 is 0 Å². The average Bonchev–Trinajstić information content (AvgIpc) is 2.29. The fraction of sp³-hybridized carbons (Fsp3) is 0.583. The standard InChI is InChI=1S/C12H18N4O2/c1-6-8(12(18)15-7(2)14-6)5-11(17)16-10-4-3-9(10)13/h9-10H,3-5,13H2,1-2H3,(H,16,17)(H,14,15,18)/t9-,10+/m1/s1. The van der Waals surface area contributed by atoms with Crippen molar-refractivity contribution in [2.45, 2.75) is 45.2 Å². The van der Waals surface area contributed by atoms with Gasteiger partial charge in [0.15, 0.2) is 0 Å². The van der Waals surface area contributed by atoms with Gasteiger partial charge in [-0.25, -0.2) is 4.98 Å². The number of nitrogens with two attached hydrogens (primary N) is 1. The van der Waals surface area contributed by atoms with E-state index in [0.29, 0.717) is 17.1 Å². The maximum atomic E-state index is 11.8. The second-order valence-corrected chi connectivity index (χ2v) is 4.81. The Morgan fingerprint density at radius 1 is 1.50 bits per heavy atom. The lowest BCUT2D eigenvalue weighted by molar-refractivity contribution is -0.121. The second kappa shape index (κ2) is 4.89. The van der Waals surface area contributed by atoms with Crippen LogP contribution in [0, 0.1) is 13.8 Å². The lowest BCUT2D eigenvalue weighted by atomic mass is 9.87. The van der Waals surface area contributed by atoms with Crippen LogP contribution in [0.25, 0.3) is 0 Å². The van der Waals surface area contributed by atoms with Crippen LogP contribution in [0.3, 0.4) is 0 Å². The number of H-pyrrole nitrogens is 1. The van der Waals surface area contributed by atoms with Gasteiger partial charge in [-0.15, -0.1) is 0 Å². The molecule has 98 valence electrons. The van der Waals surface area contributed by atoms with Crippen LogP contribution in [-0.4, -0.2) is 28.0 Å². The zero-order valence-corrected chi connectivity index (χ0v) is 10.6. The first-order valence-electron chi connectivity index (χ1n) is 6.08. The Morgan fingerprint density at radius 2 is 2.22 bits per heavy atom. The summed E-state index contributed by atoms with van der Waals surface area (Å²) in [6.45, 7) is 3.45. The van der Waals surface area contributed by atoms with E-state index in [1.54, 1.807) is 13.8 Å². The molecule has 18 heavy (non-hydrogen) atoms. The highest BCUT2D eigenvalue weighted by Gasteiger charge is 2.28. The molecule has 2 rings (SSSR count). The quantitative estimate of drug-likeness (QED) is 0.675. The molecule has 2 atom stereocenters. The molecule has 1 aliphatic rings. The first-order chi connectivity index (χ1) is 8.47. The van der Waals surface area contributed by atoms with Crippen LogP contribution in [0.4, 0.5) is 0 Å². The number of aryl methyl sites for hydroxylation is 2. The molecular weight excluding hydrogens is 232 g/mol. The van der Waals surface area contributed by atoms with Gasteiger partial charge in [0.05, 0.1) is 6.42 Å². The van der Waals surface area contributed by atoms with E-state index in [-0.39, 0.29) is 30.0 Å². The lowest BCUT2D eigenvalue weighted by Gasteiger charge is -2.34. The van der Waals surface area contributed by atoms with Crippen LogP contribution in [0.15, 0.2) is 4.79 Å². The summed E-state index contributed by atoms with van der Waals surface area (Å²) in [5.74, 6) is 0.386. The zero-order chi connectivity index (χ0) is 13.3. The number of rotatable bonds is 3. The van der Waals surface area contributed by atoms with Crippen LogP contribution in [0.2, 0.25) is 0 Å². The van der Waals surface area contributed by atoms with Crippen LogP contribution in [0.5, 0.6) is 0 Å². The third-order valence-corrected chi connectivity index (χ3v) is 3.35. The molecule has 0 spiro atoms. The molecule has 0 bridgehead atoms. The van der Waals surface area contributed by atoms with Crippen molar-refractivity contribution in [2.24, 2.45) is 5.73 Å². The van der Waals surface area contributed by atoms with Crippen LogP contribution in [0.1, 0.15) is 29.9 Å². The Bertz CT molecular complexity index is 523. The van der Waals surface area contributed by atoms with E-state index in [4.69, 9.17) is 5.73 Å². The predicted octanol–water partition coefficient (Wildman–Crippen LogP) is -0.465. The lowest BCUT2D eigenvalue weighted by Crippen LogP contribution is -2.55. The number of amides is 1. The van der Waals surface area contributed by atoms with Crippen molar-refractivity contribution in [2.75, 3.05) is 0 Å². The number of nitrogens with one attached hydrogen (secondary N) is 2. The first-order valence-corrected chi connectivity index (χ1v) is 6.08. The van der Waals surface area contributed by atoms with Crippen molar-refractivity contribution < 1.29 is 4.79 Å². The highest BCUT2D eigenvalue weighted by molar-refractivity contribution is 5.79. The molecule has 1 aromatic heterocycles. The average molecular weight is 250 g/mol. The highest BCUT2D eigenvalue weighted by atomic mass is 16.2. The maximum Gasteiger partial charge on any atom is 0.254 e. The molecule has 1 heterocycles. The Balaban J connectivity index is 2.05. The molecule has 1 fully saturated rings. The van der Waals surface area contributed by atoms with Crippen LogP contribution in [-0.2, 0) is 11.2 Å². The second-order valence-electron chi connectivity index (χ2n) is 4.81. The van der Waals surface area contributed by atoms with Crippen LogP contribution < -0.4 is 16.6 Å². The van der Waals surface area contributed by atoms with Gasteiger partial charge in [-0.2, -0.15) is 0 Å².